The van der Waals surface area contributed by atoms with Gasteiger partial charge in [0.05, 0.1) is 69.6 Å². The largest absolute Gasteiger partial charge is 0.309 e. The van der Waals surface area contributed by atoms with E-state index in [1.807, 2.05) is 84.9 Å². The maximum atomic E-state index is 9.28. The van der Waals surface area contributed by atoms with E-state index in [1.54, 1.807) is 0 Å². The molecule has 4 nitrogen and oxygen atoms in total. The van der Waals surface area contributed by atoms with Crippen molar-refractivity contribution in [1.82, 2.24) is 8.80 Å². The fourth-order valence-corrected chi connectivity index (χ4v) is 12.2. The predicted molar refractivity (Wildman–Crippen MR) is 324 cm³/mol. The third kappa shape index (κ3) is 6.50. The average Bonchev–Trinajstić information content (AvgIpc) is 1.52. The molecule has 4 aromatic heterocycles. The molecule has 76 heavy (non-hydrogen) atoms. The van der Waals surface area contributed by atoms with Crippen molar-refractivity contribution in [3.63, 3.8) is 0 Å². The second-order valence-corrected chi connectivity index (χ2v) is 20.5. The average molecular weight is 985 g/mol. The van der Waals surface area contributed by atoms with Crippen LogP contribution in [0.25, 0.3) is 98.4 Å². The van der Waals surface area contributed by atoms with E-state index < -0.39 is 12.1 Å². The van der Waals surface area contributed by atoms with E-state index in [0.29, 0.717) is 22.5 Å². The first-order valence-corrected chi connectivity index (χ1v) is 26.0. The third-order valence-electron chi connectivity index (χ3n) is 15.7. The molecule has 4 heterocycles. The zero-order valence-electron chi connectivity index (χ0n) is 52.3. The zero-order chi connectivity index (χ0) is 59.5. The first-order chi connectivity index (χ1) is 41.5. The van der Waals surface area contributed by atoms with Crippen molar-refractivity contribution < 1.29 is 13.7 Å². The number of benzene rings is 11. The molecule has 362 valence electrons. The monoisotopic (exact) mass is 984 g/mol. The van der Waals surface area contributed by atoms with Gasteiger partial charge in [-0.1, -0.05) is 185 Å². The summed E-state index contributed by atoms with van der Waals surface area (Å²) in [6.07, 6.45) is 0. The minimum Gasteiger partial charge on any atom is -0.309 e. The lowest BCUT2D eigenvalue weighted by molar-refractivity contribution is 0.867. The maximum Gasteiger partial charge on any atom is 0.0641 e. The number of para-hydroxylation sites is 4. The number of hydrogen-bond donors (Lipinski definition) is 0. The Bertz CT molecular complexity index is 4930. The molecule has 11 aromatic carbocycles. The Morgan fingerprint density at radius 1 is 0.342 bits per heavy atom. The fraction of sp³-hybridized carbons (Fsp3) is 0.0833. The maximum absolute atomic E-state index is 9.28. The lowest BCUT2D eigenvalue weighted by Crippen LogP contribution is -2.12. The van der Waals surface area contributed by atoms with E-state index >= 15 is 0 Å². The van der Waals surface area contributed by atoms with Gasteiger partial charge in [0, 0.05) is 65.6 Å². The molecule has 0 saturated carbocycles. The number of rotatable bonds is 10. The molecule has 0 amide bonds. The van der Waals surface area contributed by atoms with E-state index in [4.69, 9.17) is 8.22 Å². The minimum absolute atomic E-state index is 0.0867. The molecule has 0 atom stereocenters. The lowest BCUT2D eigenvalue weighted by atomic mass is 9.94. The summed E-state index contributed by atoms with van der Waals surface area (Å²) < 4.78 is 94.1. The van der Waals surface area contributed by atoms with Crippen molar-refractivity contribution in [2.75, 3.05) is 9.80 Å². The van der Waals surface area contributed by atoms with Gasteiger partial charge >= 0.3 is 0 Å². The molecule has 0 aliphatic carbocycles. The highest BCUT2D eigenvalue weighted by atomic mass is 15.2. The summed E-state index contributed by atoms with van der Waals surface area (Å²) in [5.41, 5.74) is 14.2. The molecular formula is C72H54N4. The molecular weight excluding hydrogens is 921 g/mol. The van der Waals surface area contributed by atoms with Crippen LogP contribution in [-0.4, -0.2) is 8.80 Å². The second-order valence-electron chi connectivity index (χ2n) is 20.5. The molecule has 0 aliphatic rings. The Labute approximate surface area is 456 Å². The number of hydrogen-bond acceptors (Lipinski definition) is 2. The van der Waals surface area contributed by atoms with E-state index in [-0.39, 0.29) is 71.3 Å². The van der Waals surface area contributed by atoms with E-state index in [1.165, 1.54) is 0 Å². The van der Waals surface area contributed by atoms with Crippen molar-refractivity contribution in [3.05, 3.63) is 254 Å². The van der Waals surface area contributed by atoms with Gasteiger partial charge in [0.25, 0.3) is 0 Å². The van der Waals surface area contributed by atoms with Crippen LogP contribution in [-0.2, 0) is 0 Å². The molecule has 0 unspecified atom stereocenters. The highest BCUT2D eigenvalue weighted by Gasteiger charge is 2.29. The minimum atomic E-state index is -0.439. The van der Waals surface area contributed by atoms with Crippen LogP contribution in [0.4, 0.5) is 34.1 Å². The Morgan fingerprint density at radius 3 is 1.13 bits per heavy atom. The molecule has 0 bridgehead atoms. The number of nitrogens with zero attached hydrogens (tertiary/aromatic N) is 4. The fourth-order valence-electron chi connectivity index (χ4n) is 12.2. The first kappa shape index (κ1) is 34.9. The van der Waals surface area contributed by atoms with Crippen molar-refractivity contribution >= 4 is 110 Å². The summed E-state index contributed by atoms with van der Waals surface area (Å²) in [6.45, 7) is 8.37. The highest BCUT2D eigenvalue weighted by molar-refractivity contribution is 6.32. The van der Waals surface area contributed by atoms with E-state index in [0.717, 1.165) is 110 Å². The molecule has 15 aromatic rings. The topological polar surface area (TPSA) is 15.3 Å². The van der Waals surface area contributed by atoms with Gasteiger partial charge in [0.2, 0.25) is 0 Å². The van der Waals surface area contributed by atoms with Crippen LogP contribution < -0.4 is 9.80 Å². The Morgan fingerprint density at radius 2 is 0.724 bits per heavy atom. The van der Waals surface area contributed by atoms with Gasteiger partial charge in [-0.25, -0.2) is 0 Å². The summed E-state index contributed by atoms with van der Waals surface area (Å²) in [6, 6.07) is 59.2. The normalized spacial score (nSPS) is 14.0. The molecule has 0 radical (unpaired) electrons. The Kier molecular flexibility index (Phi) is 7.86. The molecule has 0 saturated heterocycles. The van der Waals surface area contributed by atoms with Gasteiger partial charge in [-0.05, 0) is 119 Å². The van der Waals surface area contributed by atoms with Gasteiger partial charge in [0.15, 0.2) is 0 Å². The van der Waals surface area contributed by atoms with E-state index in [2.05, 4.69) is 143 Å². The van der Waals surface area contributed by atoms with Crippen LogP contribution in [0.2, 0.25) is 0 Å². The van der Waals surface area contributed by atoms with Crippen molar-refractivity contribution in [2.45, 2.75) is 39.5 Å². The molecule has 0 fully saturated rings. The molecule has 0 N–H and O–H groups in total. The number of aromatic nitrogens is 2. The van der Waals surface area contributed by atoms with Crippen LogP contribution in [0, 0.1) is 0 Å². The first-order valence-electron chi connectivity index (χ1n) is 31.0. The van der Waals surface area contributed by atoms with Gasteiger partial charge in [-0.15, -0.1) is 0 Å². The molecule has 15 rings (SSSR count). The van der Waals surface area contributed by atoms with Crippen LogP contribution in [0.1, 0.15) is 64.4 Å². The zero-order valence-corrected chi connectivity index (χ0v) is 42.3. The van der Waals surface area contributed by atoms with Crippen LogP contribution in [0.3, 0.4) is 0 Å². The third-order valence-corrected chi connectivity index (χ3v) is 15.7. The van der Waals surface area contributed by atoms with Gasteiger partial charge in [0.1, 0.15) is 0 Å². The quantitative estimate of drug-likeness (QED) is 0.136. The summed E-state index contributed by atoms with van der Waals surface area (Å²) in [5.74, 6) is 0.173. The Hall–Kier alpha value is -9.38. The van der Waals surface area contributed by atoms with Crippen LogP contribution >= 0.6 is 0 Å². The smallest absolute Gasteiger partial charge is 0.0641 e. The van der Waals surface area contributed by atoms with Crippen molar-refractivity contribution in [3.8, 4) is 22.3 Å². The van der Waals surface area contributed by atoms with Gasteiger partial charge in [-0.2, -0.15) is 0 Å². The lowest BCUT2D eigenvalue weighted by Gasteiger charge is -2.29. The Balaban J connectivity index is 1.01. The number of fused-ring (bicyclic) bond motifs is 12. The predicted octanol–water partition coefficient (Wildman–Crippen LogP) is 20.5. The summed E-state index contributed by atoms with van der Waals surface area (Å²) in [5, 5.41) is 8.30. The molecule has 4 heteroatoms. The number of anilines is 6. The van der Waals surface area contributed by atoms with Crippen LogP contribution in [0.5, 0.6) is 0 Å². The van der Waals surface area contributed by atoms with Gasteiger partial charge < -0.3 is 18.6 Å². The standard InChI is InChI=1S/C72H54N4/c1-45(2)49-33-37-63(57(41-49)47-21-9-5-10-22-47)73(51-25-13-7-14-26-51)65-39-35-53-59-43-68-60(44-67(59)75-61-31-19-17-29-55(61)69(65)71(53)75)54-36-40-66(70-56-30-18-20-32-62(56)76(68)72(54)70)74(52-27-15-8-16-28-52)64-38-34-50(46(3)4)42-58(64)48-23-11-6-12-24-48/h5-46H,1-4H3/i5D,6D,9D,10D,11D,12D,21D,22D,23D,24D. The SMILES string of the molecule is [2H]c1c([2H])c([2H])c(-c2cc(C(C)C)ccc2N(c2ccccc2)c2ccc3c4cc5c(cc4n4c6ccccc6c2c34)c2ccc(N(c3ccccc3)c3ccc(C(C)C)cc3-c3c([2H])c([2H])c([2H])c([2H])c3[2H])c3c4ccccc4n5c23)c([2H])c1[2H]. The second kappa shape index (κ2) is 17.1. The molecule has 0 aliphatic heterocycles. The van der Waals surface area contributed by atoms with Crippen LogP contribution in [0.15, 0.2) is 242 Å². The summed E-state index contributed by atoms with van der Waals surface area (Å²) >= 11 is 0. The highest BCUT2D eigenvalue weighted by Crippen LogP contribution is 2.53. The molecule has 0 spiro atoms. The van der Waals surface area contributed by atoms with E-state index in [9.17, 15) is 5.48 Å². The summed E-state index contributed by atoms with van der Waals surface area (Å²) in [4.78, 5) is 4.36. The van der Waals surface area contributed by atoms with Crippen molar-refractivity contribution in [2.24, 2.45) is 0 Å². The van der Waals surface area contributed by atoms with Gasteiger partial charge in [-0.3, -0.25) is 0 Å². The summed E-state index contributed by atoms with van der Waals surface area (Å²) in [7, 11) is 0. The van der Waals surface area contributed by atoms with Crippen molar-refractivity contribution in [1.29, 1.82) is 0 Å².